The zero-order valence-corrected chi connectivity index (χ0v) is 20.7. The highest BCUT2D eigenvalue weighted by Crippen LogP contribution is 2.28. The van der Waals surface area contributed by atoms with Gasteiger partial charge in [0.05, 0.1) is 37.7 Å². The zero-order valence-electron chi connectivity index (χ0n) is 19.1. The van der Waals surface area contributed by atoms with Gasteiger partial charge in [-0.05, 0) is 25.7 Å². The van der Waals surface area contributed by atoms with Gasteiger partial charge in [0.1, 0.15) is 0 Å². The first-order valence-electron chi connectivity index (χ1n) is 10.7. The van der Waals surface area contributed by atoms with Gasteiger partial charge in [0, 0.05) is 49.7 Å². The second kappa shape index (κ2) is 12.8. The Morgan fingerprint density at radius 2 is 1.19 bits per heavy atom. The predicted molar refractivity (Wildman–Crippen MR) is 125 cm³/mol. The molecule has 2 aromatic heterocycles. The molecular weight excluding hydrogens is 455 g/mol. The number of carbonyl (C=O) groups excluding carboxylic acids is 2. The Morgan fingerprint density at radius 3 is 1.47 bits per heavy atom. The van der Waals surface area contributed by atoms with Crippen molar-refractivity contribution in [3.05, 3.63) is 36.4 Å². The topological polar surface area (TPSA) is 88.2 Å². The van der Waals surface area contributed by atoms with E-state index in [-0.39, 0.29) is 48.6 Å². The second-order valence-electron chi connectivity index (χ2n) is 8.21. The average Bonchev–Trinajstić information content (AvgIpc) is 3.49. The minimum Gasteiger partial charge on any atom is -0.465 e. The molecule has 2 aromatic rings. The van der Waals surface area contributed by atoms with Crippen LogP contribution in [0.2, 0.25) is 0 Å². The van der Waals surface area contributed by atoms with Crippen LogP contribution < -0.4 is 0 Å². The van der Waals surface area contributed by atoms with Gasteiger partial charge < -0.3 is 18.6 Å². The number of carbonyl (C=O) groups is 2. The van der Waals surface area contributed by atoms with E-state index >= 15 is 0 Å². The lowest BCUT2D eigenvalue weighted by Gasteiger charge is -2.12. The molecule has 0 unspecified atom stereocenters. The summed E-state index contributed by atoms with van der Waals surface area (Å²) in [6.45, 7) is 5.19. The van der Waals surface area contributed by atoms with Crippen molar-refractivity contribution in [2.45, 2.75) is 39.5 Å². The molecule has 0 radical (unpaired) electrons. The van der Waals surface area contributed by atoms with Crippen LogP contribution in [0.3, 0.4) is 0 Å². The van der Waals surface area contributed by atoms with Gasteiger partial charge in [0.2, 0.25) is 0 Å². The summed E-state index contributed by atoms with van der Waals surface area (Å²) in [5.41, 5.74) is 2.33. The van der Waals surface area contributed by atoms with E-state index in [0.717, 1.165) is 37.1 Å². The van der Waals surface area contributed by atoms with Crippen LogP contribution in [0.1, 0.15) is 38.1 Å². The van der Waals surface area contributed by atoms with Crippen molar-refractivity contribution < 1.29 is 19.1 Å². The van der Waals surface area contributed by atoms with E-state index in [1.54, 1.807) is 12.7 Å². The first-order chi connectivity index (χ1) is 14.4. The van der Waals surface area contributed by atoms with Gasteiger partial charge >= 0.3 is 11.9 Å². The van der Waals surface area contributed by atoms with Crippen LogP contribution in [0.25, 0.3) is 0 Å². The summed E-state index contributed by atoms with van der Waals surface area (Å²) in [6, 6.07) is 0. The van der Waals surface area contributed by atoms with Gasteiger partial charge in [0.15, 0.2) is 0 Å². The predicted octanol–water partition coefficient (Wildman–Crippen LogP) is 3.17. The third-order valence-corrected chi connectivity index (χ3v) is 6.28. The second-order valence-corrected chi connectivity index (χ2v) is 8.21. The van der Waals surface area contributed by atoms with Crippen molar-refractivity contribution in [2.75, 3.05) is 13.2 Å². The lowest BCUT2D eigenvalue weighted by molar-refractivity contribution is -0.142. The Balaban J connectivity index is 0.000000301. The van der Waals surface area contributed by atoms with Crippen LogP contribution in [0.4, 0.5) is 0 Å². The van der Waals surface area contributed by atoms with Crippen molar-refractivity contribution >= 4 is 36.8 Å². The molecule has 0 spiro atoms. The SMILES string of the molecule is CC[C@@H]1C(=O)OC[C@@H]1Cc1cncn1C.CC[C@@H]1C(=O)OC[C@@H]1Cc1cncn1C.Cl.Cl. The van der Waals surface area contributed by atoms with E-state index in [2.05, 4.69) is 9.97 Å². The van der Waals surface area contributed by atoms with E-state index in [0.29, 0.717) is 25.0 Å². The van der Waals surface area contributed by atoms with Crippen molar-refractivity contribution in [1.29, 1.82) is 0 Å². The number of imidazole rings is 2. The molecule has 0 bridgehead atoms. The molecule has 0 amide bonds. The Bertz CT molecular complexity index is 799. The molecule has 0 aliphatic carbocycles. The van der Waals surface area contributed by atoms with Crippen LogP contribution >= 0.6 is 24.8 Å². The van der Waals surface area contributed by atoms with Gasteiger partial charge in [-0.3, -0.25) is 9.59 Å². The number of cyclic esters (lactones) is 2. The molecule has 0 saturated carbocycles. The lowest BCUT2D eigenvalue weighted by atomic mass is 9.89. The molecule has 10 heteroatoms. The quantitative estimate of drug-likeness (QED) is 0.580. The molecule has 2 aliphatic rings. The number of rotatable bonds is 6. The van der Waals surface area contributed by atoms with E-state index in [9.17, 15) is 9.59 Å². The van der Waals surface area contributed by atoms with Crippen LogP contribution in [-0.4, -0.2) is 44.3 Å². The lowest BCUT2D eigenvalue weighted by Crippen LogP contribution is -2.18. The Kier molecular flexibility index (Phi) is 11.2. The summed E-state index contributed by atoms with van der Waals surface area (Å²) in [5.74, 6) is 0.699. The number of hydrogen-bond donors (Lipinski definition) is 0. The minimum absolute atomic E-state index is 0. The van der Waals surface area contributed by atoms with Crippen LogP contribution in [0.15, 0.2) is 25.0 Å². The number of hydrogen-bond acceptors (Lipinski definition) is 6. The molecule has 2 fully saturated rings. The molecule has 4 rings (SSSR count). The normalized spacial score (nSPS) is 24.0. The number of aromatic nitrogens is 4. The highest BCUT2D eigenvalue weighted by Gasteiger charge is 2.36. The van der Waals surface area contributed by atoms with Crippen molar-refractivity contribution in [2.24, 2.45) is 37.8 Å². The first-order valence-corrected chi connectivity index (χ1v) is 10.7. The average molecular weight is 489 g/mol. The summed E-state index contributed by atoms with van der Waals surface area (Å²) < 4.78 is 14.2. The highest BCUT2D eigenvalue weighted by molar-refractivity contribution is 5.85. The number of halogens is 2. The maximum atomic E-state index is 11.4. The van der Waals surface area contributed by atoms with Gasteiger partial charge in [-0.2, -0.15) is 0 Å². The number of ether oxygens (including phenoxy) is 2. The van der Waals surface area contributed by atoms with Gasteiger partial charge in [-0.15, -0.1) is 24.8 Å². The van der Waals surface area contributed by atoms with E-state index in [1.807, 2.05) is 49.5 Å². The summed E-state index contributed by atoms with van der Waals surface area (Å²) in [4.78, 5) is 30.9. The molecule has 2 aliphatic heterocycles. The van der Waals surface area contributed by atoms with Crippen LogP contribution in [-0.2, 0) is 46.0 Å². The maximum absolute atomic E-state index is 11.4. The number of nitrogens with zero attached hydrogens (tertiary/aromatic N) is 4. The summed E-state index contributed by atoms with van der Waals surface area (Å²) in [7, 11) is 3.95. The molecule has 2 saturated heterocycles. The first kappa shape index (κ1) is 28.0. The van der Waals surface area contributed by atoms with Crippen molar-refractivity contribution in [3.8, 4) is 0 Å². The minimum atomic E-state index is -0.0373. The molecule has 0 N–H and O–H groups in total. The summed E-state index contributed by atoms with van der Waals surface area (Å²) >= 11 is 0. The van der Waals surface area contributed by atoms with Gasteiger partial charge in [0.25, 0.3) is 0 Å². The third kappa shape index (κ3) is 6.48. The molecule has 8 nitrogen and oxygen atoms in total. The standard InChI is InChI=1S/2C11H16N2O2.2ClH/c2*1-3-10-8(6-15-11(10)14)4-9-5-12-7-13(9)2;;/h2*5,7-8,10H,3-4,6H2,1-2H3;2*1H/t2*8-,10-;;/m00../s1. The van der Waals surface area contributed by atoms with Crippen molar-refractivity contribution in [3.63, 3.8) is 0 Å². The number of esters is 2. The van der Waals surface area contributed by atoms with E-state index in [4.69, 9.17) is 9.47 Å². The summed E-state index contributed by atoms with van der Waals surface area (Å²) in [6.07, 6.45) is 10.8. The zero-order chi connectivity index (χ0) is 21.7. The summed E-state index contributed by atoms with van der Waals surface area (Å²) in [5, 5.41) is 0. The molecule has 0 aromatic carbocycles. The maximum Gasteiger partial charge on any atom is 0.309 e. The Labute approximate surface area is 201 Å². The fraction of sp³-hybridized carbons (Fsp3) is 0.636. The number of aryl methyl sites for hydroxylation is 2. The monoisotopic (exact) mass is 488 g/mol. The Morgan fingerprint density at radius 1 is 0.812 bits per heavy atom. The van der Waals surface area contributed by atoms with Crippen molar-refractivity contribution in [1.82, 2.24) is 19.1 Å². The van der Waals surface area contributed by atoms with Gasteiger partial charge in [-0.1, -0.05) is 13.8 Å². The fourth-order valence-corrected chi connectivity index (χ4v) is 4.31. The van der Waals surface area contributed by atoms with Crippen LogP contribution in [0.5, 0.6) is 0 Å². The van der Waals surface area contributed by atoms with E-state index in [1.165, 1.54) is 0 Å². The molecule has 32 heavy (non-hydrogen) atoms. The van der Waals surface area contributed by atoms with E-state index < -0.39 is 0 Å². The largest absolute Gasteiger partial charge is 0.465 e. The molecule has 180 valence electrons. The highest BCUT2D eigenvalue weighted by atomic mass is 35.5. The van der Waals surface area contributed by atoms with Crippen LogP contribution in [0, 0.1) is 23.7 Å². The smallest absolute Gasteiger partial charge is 0.309 e. The molecule has 4 heterocycles. The third-order valence-electron chi connectivity index (χ3n) is 6.28. The molecular formula is C22H34Cl2N4O4. The van der Waals surface area contributed by atoms with Gasteiger partial charge in [-0.25, -0.2) is 9.97 Å². The molecule has 4 atom stereocenters. The Hall–Kier alpha value is -2.06. The fourth-order valence-electron chi connectivity index (χ4n) is 4.31.